The predicted molar refractivity (Wildman–Crippen MR) is 116 cm³/mol. The number of carbonyl (C=O) groups excluding carboxylic acids is 1. The lowest BCUT2D eigenvalue weighted by Crippen LogP contribution is -2.57. The zero-order chi connectivity index (χ0) is 21.8. The first kappa shape index (κ1) is 21.0. The van der Waals surface area contributed by atoms with Gasteiger partial charge in [0.1, 0.15) is 18.0 Å². The van der Waals surface area contributed by atoms with Gasteiger partial charge in [-0.2, -0.15) is 0 Å². The molecule has 0 aromatic carbocycles. The van der Waals surface area contributed by atoms with E-state index in [-0.39, 0.29) is 30.4 Å². The topological polar surface area (TPSA) is 81.7 Å². The van der Waals surface area contributed by atoms with Gasteiger partial charge in [-0.15, -0.1) is 0 Å². The smallest absolute Gasteiger partial charge is 0.315 e. The molecule has 3 heterocycles. The Morgan fingerprint density at radius 1 is 1.26 bits per heavy atom. The summed E-state index contributed by atoms with van der Waals surface area (Å²) >= 11 is 0. The molecule has 2 saturated heterocycles. The van der Waals surface area contributed by atoms with Gasteiger partial charge in [-0.05, 0) is 61.0 Å². The highest BCUT2D eigenvalue weighted by molar-refractivity contribution is 5.74. The van der Waals surface area contributed by atoms with Gasteiger partial charge in [0.2, 0.25) is 0 Å². The molecule has 2 amide bonds. The van der Waals surface area contributed by atoms with Crippen molar-refractivity contribution in [3.05, 3.63) is 24.0 Å². The van der Waals surface area contributed by atoms with E-state index in [2.05, 4.69) is 36.4 Å². The van der Waals surface area contributed by atoms with Crippen LogP contribution in [0.1, 0.15) is 39.3 Å². The minimum atomic E-state index is -0.194. The largest absolute Gasteiger partial charge is 0.483 e. The van der Waals surface area contributed by atoms with Crippen molar-refractivity contribution in [1.82, 2.24) is 15.6 Å². The molecule has 5 fully saturated rings. The second kappa shape index (κ2) is 7.93. The first-order chi connectivity index (χ1) is 14.8. The normalized spacial score (nSPS) is 40.0. The molecule has 6 rings (SSSR count). The molecule has 1 aromatic rings. The van der Waals surface area contributed by atoms with Crippen molar-refractivity contribution in [1.29, 1.82) is 0 Å². The number of rotatable bonds is 5. The monoisotopic (exact) mass is 429 g/mol. The van der Waals surface area contributed by atoms with Crippen LogP contribution in [0.25, 0.3) is 0 Å². The third-order valence-electron chi connectivity index (χ3n) is 8.60. The second-order valence-corrected chi connectivity index (χ2v) is 10.5. The van der Waals surface area contributed by atoms with Crippen LogP contribution in [-0.4, -0.2) is 55.1 Å². The summed E-state index contributed by atoms with van der Waals surface area (Å²) in [5.41, 5.74) is 1.32. The summed E-state index contributed by atoms with van der Waals surface area (Å²) in [6, 6.07) is 3.48. The lowest BCUT2D eigenvalue weighted by atomic mass is 9.43. The average molecular weight is 430 g/mol. The number of carbonyl (C=O) groups is 1. The summed E-state index contributed by atoms with van der Waals surface area (Å²) in [4.78, 5) is 16.9. The van der Waals surface area contributed by atoms with Gasteiger partial charge in [0, 0.05) is 12.7 Å². The zero-order valence-corrected chi connectivity index (χ0v) is 19.0. The number of hydrogen-bond donors (Lipinski definition) is 2. The number of ether oxygens (including phenoxy) is 3. The van der Waals surface area contributed by atoms with Gasteiger partial charge in [0.05, 0.1) is 24.9 Å². The van der Waals surface area contributed by atoms with E-state index in [1.165, 1.54) is 12.8 Å². The maximum absolute atomic E-state index is 12.6. The Bertz CT molecular complexity index is 831. The number of pyridine rings is 1. The molecule has 2 N–H and O–H groups in total. The van der Waals surface area contributed by atoms with Gasteiger partial charge in [0.25, 0.3) is 0 Å². The van der Waals surface area contributed by atoms with E-state index in [9.17, 15) is 4.79 Å². The quantitative estimate of drug-likeness (QED) is 0.752. The molecule has 170 valence electrons. The Morgan fingerprint density at radius 3 is 2.81 bits per heavy atom. The molecule has 31 heavy (non-hydrogen) atoms. The number of aryl methyl sites for hydroxylation is 1. The summed E-state index contributed by atoms with van der Waals surface area (Å²) in [5.74, 6) is 3.57. The molecular formula is C24H35N3O4. The van der Waals surface area contributed by atoms with Crippen LogP contribution in [0.3, 0.4) is 0 Å². The molecule has 8 atom stereocenters. The first-order valence-electron chi connectivity index (χ1n) is 11.7. The van der Waals surface area contributed by atoms with Gasteiger partial charge >= 0.3 is 6.03 Å². The van der Waals surface area contributed by atoms with E-state index in [4.69, 9.17) is 14.2 Å². The minimum absolute atomic E-state index is 0.129. The number of nitrogens with one attached hydrogen (secondary N) is 2. The van der Waals surface area contributed by atoms with Crippen molar-refractivity contribution in [3.63, 3.8) is 0 Å². The van der Waals surface area contributed by atoms with Gasteiger partial charge in [-0.3, -0.25) is 4.98 Å². The summed E-state index contributed by atoms with van der Waals surface area (Å²) in [7, 11) is 0. The number of urea groups is 1. The van der Waals surface area contributed by atoms with E-state index in [0.717, 1.165) is 29.8 Å². The minimum Gasteiger partial charge on any atom is -0.483 e. The molecule has 3 saturated carbocycles. The number of nitrogens with zero attached hydrogens (tertiary/aromatic N) is 1. The molecule has 7 nitrogen and oxygen atoms in total. The van der Waals surface area contributed by atoms with E-state index < -0.39 is 0 Å². The Kier molecular flexibility index (Phi) is 5.37. The van der Waals surface area contributed by atoms with Crippen LogP contribution in [0.2, 0.25) is 0 Å². The Morgan fingerprint density at radius 2 is 2.06 bits per heavy atom. The standard InChI is InChI=1S/C24H35N3O4/c1-13-15(8-16-9-17(13)24(16,3)4)10-26-23(28)27-18-11-29-22-20(12-30-21(18)22)31-19-6-5-7-25-14(19)2/h5-7,13,15-18,20-22H,8-12H2,1-4H3,(H2,26,27,28)/t13-,15-,16+,17+,18+,20+,21-,22-/m1/s1. The third kappa shape index (κ3) is 3.69. The van der Waals surface area contributed by atoms with Crippen LogP contribution >= 0.6 is 0 Å². The maximum atomic E-state index is 12.6. The summed E-state index contributed by atoms with van der Waals surface area (Å²) < 4.78 is 18.0. The molecule has 3 aliphatic carbocycles. The molecule has 2 aliphatic heterocycles. The van der Waals surface area contributed by atoms with Gasteiger partial charge in [-0.1, -0.05) is 20.8 Å². The third-order valence-corrected chi connectivity index (χ3v) is 8.60. The van der Waals surface area contributed by atoms with E-state index >= 15 is 0 Å². The summed E-state index contributed by atoms with van der Waals surface area (Å²) in [6.45, 7) is 10.7. The van der Waals surface area contributed by atoms with Crippen LogP contribution in [-0.2, 0) is 9.47 Å². The van der Waals surface area contributed by atoms with E-state index in [1.807, 2.05) is 19.1 Å². The zero-order valence-electron chi connectivity index (χ0n) is 19.0. The first-order valence-corrected chi connectivity index (χ1v) is 11.7. The van der Waals surface area contributed by atoms with Gasteiger partial charge in [-0.25, -0.2) is 4.79 Å². The van der Waals surface area contributed by atoms with Gasteiger partial charge < -0.3 is 24.8 Å². The van der Waals surface area contributed by atoms with E-state index in [0.29, 0.717) is 30.5 Å². The molecule has 2 bridgehead atoms. The predicted octanol–water partition coefficient (Wildman–Crippen LogP) is 2.92. The highest BCUT2D eigenvalue weighted by atomic mass is 16.6. The van der Waals surface area contributed by atoms with Crippen LogP contribution in [0.5, 0.6) is 5.75 Å². The fraction of sp³-hybridized carbons (Fsp3) is 0.750. The number of hydrogen-bond acceptors (Lipinski definition) is 5. The molecule has 0 radical (unpaired) electrons. The molecule has 0 spiro atoms. The fourth-order valence-electron chi connectivity index (χ4n) is 6.42. The van der Waals surface area contributed by atoms with Crippen LogP contribution in [0.4, 0.5) is 4.79 Å². The Balaban J connectivity index is 1.10. The Hall–Kier alpha value is -1.86. The summed E-state index contributed by atoms with van der Waals surface area (Å²) in [6.07, 6.45) is 3.77. The molecular weight excluding hydrogens is 394 g/mol. The van der Waals surface area contributed by atoms with Crippen molar-refractivity contribution in [2.45, 2.75) is 64.9 Å². The second-order valence-electron chi connectivity index (χ2n) is 10.5. The average Bonchev–Trinajstić information content (AvgIpc) is 3.32. The molecule has 0 unspecified atom stereocenters. The van der Waals surface area contributed by atoms with E-state index in [1.54, 1.807) is 6.20 Å². The van der Waals surface area contributed by atoms with Crippen LogP contribution in [0, 0.1) is 36.0 Å². The maximum Gasteiger partial charge on any atom is 0.315 e. The van der Waals surface area contributed by atoms with Crippen LogP contribution in [0.15, 0.2) is 18.3 Å². The lowest BCUT2D eigenvalue weighted by molar-refractivity contribution is -0.127. The lowest BCUT2D eigenvalue weighted by Gasteiger charge is -2.62. The van der Waals surface area contributed by atoms with Crippen molar-refractivity contribution >= 4 is 6.03 Å². The number of amides is 2. The highest BCUT2D eigenvalue weighted by Gasteiger charge is 2.56. The van der Waals surface area contributed by atoms with Crippen LogP contribution < -0.4 is 15.4 Å². The Labute approximate surface area is 184 Å². The van der Waals surface area contributed by atoms with Gasteiger partial charge in [0.15, 0.2) is 6.10 Å². The number of aromatic nitrogens is 1. The molecule has 1 aromatic heterocycles. The molecule has 7 heteroatoms. The van der Waals surface area contributed by atoms with Crippen molar-refractivity contribution < 1.29 is 19.0 Å². The van der Waals surface area contributed by atoms with Crippen molar-refractivity contribution in [2.75, 3.05) is 19.8 Å². The fourth-order valence-corrected chi connectivity index (χ4v) is 6.42. The number of fused-ring (bicyclic) bond motifs is 3. The SMILES string of the molecule is Cc1ncccc1O[C@H]1CO[C@H]2[C@@H]1OC[C@@H]2NC(=O)NC[C@H]1C[C@H]2C[C@@H]([C@@H]1C)C2(C)C. The summed E-state index contributed by atoms with van der Waals surface area (Å²) in [5, 5.41) is 6.19. The van der Waals surface area contributed by atoms with Crippen molar-refractivity contribution in [2.24, 2.45) is 29.1 Å². The highest BCUT2D eigenvalue weighted by Crippen LogP contribution is 2.62. The molecule has 5 aliphatic rings. The van der Waals surface area contributed by atoms with Crippen molar-refractivity contribution in [3.8, 4) is 5.75 Å².